The molecule has 7 heteroatoms. The van der Waals surface area contributed by atoms with Gasteiger partial charge in [-0.2, -0.15) is 5.10 Å². The Hall–Kier alpha value is -3.61. The largest absolute Gasteiger partial charge is 0.494 e. The van der Waals surface area contributed by atoms with E-state index in [0.717, 1.165) is 16.7 Å². The van der Waals surface area contributed by atoms with Crippen LogP contribution < -0.4 is 4.74 Å². The Bertz CT molecular complexity index is 1090. The molecule has 0 saturated heterocycles. The van der Waals surface area contributed by atoms with Crippen molar-refractivity contribution >= 4 is 11.9 Å². The lowest BCUT2D eigenvalue weighted by Gasteiger charge is -2.34. The first-order valence-electron chi connectivity index (χ1n) is 9.29. The van der Waals surface area contributed by atoms with Gasteiger partial charge in [0.05, 0.1) is 7.11 Å². The molecule has 1 atom stereocenters. The number of rotatable bonds is 4. The molecule has 0 bridgehead atoms. The number of amides is 1. The molecule has 1 unspecified atom stereocenters. The van der Waals surface area contributed by atoms with Crippen LogP contribution in [0.4, 0.5) is 0 Å². The van der Waals surface area contributed by atoms with E-state index in [0.29, 0.717) is 11.4 Å². The Kier molecular flexibility index (Phi) is 4.80. The smallest absolute Gasteiger partial charge is 0.326 e. The van der Waals surface area contributed by atoms with Crippen LogP contribution in [0.2, 0.25) is 0 Å². The number of carbonyl (C=O) groups is 2. The van der Waals surface area contributed by atoms with Crippen molar-refractivity contribution < 1.29 is 19.4 Å². The van der Waals surface area contributed by atoms with Crippen LogP contribution in [0.5, 0.6) is 5.75 Å². The summed E-state index contributed by atoms with van der Waals surface area (Å²) in [5.74, 6) is -0.794. The number of hydrogen-bond acceptors (Lipinski definition) is 4. The van der Waals surface area contributed by atoms with Crippen molar-refractivity contribution in [3.63, 3.8) is 0 Å². The third kappa shape index (κ3) is 3.47. The van der Waals surface area contributed by atoms with Crippen molar-refractivity contribution in [2.24, 2.45) is 0 Å². The second kappa shape index (κ2) is 7.43. The third-order valence-corrected chi connectivity index (χ3v) is 5.18. The van der Waals surface area contributed by atoms with Gasteiger partial charge in [-0.3, -0.25) is 4.79 Å². The van der Waals surface area contributed by atoms with Gasteiger partial charge in [-0.05, 0) is 41.8 Å². The Morgan fingerprint density at radius 2 is 1.90 bits per heavy atom. The average Bonchev–Trinajstić information content (AvgIpc) is 3.22. The van der Waals surface area contributed by atoms with E-state index in [-0.39, 0.29) is 18.7 Å². The quantitative estimate of drug-likeness (QED) is 0.739. The van der Waals surface area contributed by atoms with Gasteiger partial charge in [0.15, 0.2) is 5.69 Å². The van der Waals surface area contributed by atoms with Gasteiger partial charge >= 0.3 is 5.97 Å². The summed E-state index contributed by atoms with van der Waals surface area (Å²) in [6, 6.07) is 14.0. The molecule has 1 aromatic heterocycles. The lowest BCUT2D eigenvalue weighted by molar-refractivity contribution is -0.142. The fourth-order valence-corrected chi connectivity index (χ4v) is 3.66. The zero-order valence-electron chi connectivity index (χ0n) is 16.2. The molecule has 1 aliphatic rings. The number of methoxy groups -OCH3 is 1. The van der Waals surface area contributed by atoms with Gasteiger partial charge in [0.25, 0.3) is 5.91 Å². The molecule has 7 nitrogen and oxygen atoms in total. The van der Waals surface area contributed by atoms with Crippen LogP contribution in [-0.2, 0) is 17.8 Å². The van der Waals surface area contributed by atoms with Gasteiger partial charge in [-0.1, -0.05) is 30.3 Å². The number of benzene rings is 2. The van der Waals surface area contributed by atoms with Gasteiger partial charge in [-0.25, -0.2) is 9.48 Å². The highest BCUT2D eigenvalue weighted by molar-refractivity contribution is 5.95. The number of aromatic nitrogens is 2. The van der Waals surface area contributed by atoms with Crippen LogP contribution in [0.1, 0.15) is 27.2 Å². The summed E-state index contributed by atoms with van der Waals surface area (Å²) in [6.07, 6.45) is 1.96. The van der Waals surface area contributed by atoms with Crippen LogP contribution in [0, 0.1) is 6.92 Å². The minimum Gasteiger partial charge on any atom is -0.494 e. The second-order valence-electron chi connectivity index (χ2n) is 7.08. The van der Waals surface area contributed by atoms with Crippen molar-refractivity contribution in [2.75, 3.05) is 7.11 Å². The SMILES string of the molecule is COc1ccc(C)cc1-n1ccc(C(=O)N2Cc3ccccc3CC2C(=O)O)n1. The molecule has 0 radical (unpaired) electrons. The average molecular weight is 391 g/mol. The van der Waals surface area contributed by atoms with E-state index in [4.69, 9.17) is 4.74 Å². The fraction of sp³-hybridized carbons (Fsp3) is 0.227. The number of aryl methyl sites for hydroxylation is 1. The summed E-state index contributed by atoms with van der Waals surface area (Å²) in [4.78, 5) is 26.3. The fourth-order valence-electron chi connectivity index (χ4n) is 3.66. The first-order valence-corrected chi connectivity index (χ1v) is 9.29. The molecule has 2 heterocycles. The summed E-state index contributed by atoms with van der Waals surface area (Å²) < 4.78 is 6.97. The molecular weight excluding hydrogens is 370 g/mol. The molecule has 2 aromatic carbocycles. The normalized spacial score (nSPS) is 15.7. The molecule has 1 aliphatic heterocycles. The number of hydrogen-bond donors (Lipinski definition) is 1. The number of fused-ring (bicyclic) bond motifs is 1. The number of carbonyl (C=O) groups excluding carboxylic acids is 1. The molecule has 0 fully saturated rings. The number of nitrogens with zero attached hydrogens (tertiary/aromatic N) is 3. The van der Waals surface area contributed by atoms with E-state index in [9.17, 15) is 14.7 Å². The number of carboxylic acids is 1. The summed E-state index contributed by atoms with van der Waals surface area (Å²) in [6.45, 7) is 2.20. The maximum atomic E-state index is 13.1. The van der Waals surface area contributed by atoms with E-state index in [1.807, 2.05) is 49.4 Å². The van der Waals surface area contributed by atoms with Gasteiger partial charge in [0.2, 0.25) is 0 Å². The monoisotopic (exact) mass is 391 g/mol. The minimum atomic E-state index is -1.02. The zero-order valence-corrected chi connectivity index (χ0v) is 16.2. The highest BCUT2D eigenvalue weighted by Crippen LogP contribution is 2.26. The topological polar surface area (TPSA) is 84.7 Å². The predicted octanol–water partition coefficient (Wildman–Crippen LogP) is 2.84. The van der Waals surface area contributed by atoms with Crippen molar-refractivity contribution in [1.82, 2.24) is 14.7 Å². The summed E-state index contributed by atoms with van der Waals surface area (Å²) in [5, 5.41) is 14.1. The molecule has 0 spiro atoms. The molecule has 4 rings (SSSR count). The van der Waals surface area contributed by atoms with Crippen LogP contribution in [0.15, 0.2) is 54.7 Å². The highest BCUT2D eigenvalue weighted by Gasteiger charge is 2.35. The summed E-state index contributed by atoms with van der Waals surface area (Å²) in [7, 11) is 1.58. The Morgan fingerprint density at radius 3 is 2.62 bits per heavy atom. The molecule has 0 aliphatic carbocycles. The van der Waals surface area contributed by atoms with Crippen LogP contribution >= 0.6 is 0 Å². The number of carboxylic acid groups (broad SMARTS) is 1. The second-order valence-corrected chi connectivity index (χ2v) is 7.08. The highest BCUT2D eigenvalue weighted by atomic mass is 16.5. The van der Waals surface area contributed by atoms with Crippen LogP contribution in [0.25, 0.3) is 5.69 Å². The van der Waals surface area contributed by atoms with Gasteiger partial charge < -0.3 is 14.7 Å². The molecule has 148 valence electrons. The van der Waals surface area contributed by atoms with Crippen molar-refractivity contribution in [1.29, 1.82) is 0 Å². The van der Waals surface area contributed by atoms with E-state index in [1.165, 1.54) is 4.90 Å². The van der Waals surface area contributed by atoms with Crippen LogP contribution in [0.3, 0.4) is 0 Å². The first-order chi connectivity index (χ1) is 14.0. The van der Waals surface area contributed by atoms with E-state index >= 15 is 0 Å². The molecule has 1 N–H and O–H groups in total. The van der Waals surface area contributed by atoms with Crippen molar-refractivity contribution in [3.8, 4) is 11.4 Å². The maximum Gasteiger partial charge on any atom is 0.326 e. The van der Waals surface area contributed by atoms with E-state index < -0.39 is 17.9 Å². The molecule has 3 aromatic rings. The minimum absolute atomic E-state index is 0.194. The standard InChI is InChI=1S/C22H21N3O4/c1-14-7-8-20(29-2)18(11-14)25-10-9-17(23-25)21(26)24-13-16-6-4-3-5-15(16)12-19(24)22(27)28/h3-11,19H,12-13H2,1-2H3,(H,27,28). The number of ether oxygens (including phenoxy) is 1. The van der Waals surface area contributed by atoms with E-state index in [2.05, 4.69) is 5.10 Å². The Labute approximate surface area is 168 Å². The van der Waals surface area contributed by atoms with Crippen molar-refractivity contribution in [3.05, 3.63) is 77.1 Å². The Morgan fingerprint density at radius 1 is 1.14 bits per heavy atom. The lowest BCUT2D eigenvalue weighted by atomic mass is 9.93. The molecule has 29 heavy (non-hydrogen) atoms. The van der Waals surface area contributed by atoms with Crippen molar-refractivity contribution in [2.45, 2.75) is 25.9 Å². The first kappa shape index (κ1) is 18.7. The van der Waals surface area contributed by atoms with Gasteiger partial charge in [0, 0.05) is 19.2 Å². The number of aliphatic carboxylic acids is 1. The predicted molar refractivity (Wildman–Crippen MR) is 106 cm³/mol. The van der Waals surface area contributed by atoms with E-state index in [1.54, 1.807) is 24.1 Å². The summed E-state index contributed by atoms with van der Waals surface area (Å²) >= 11 is 0. The van der Waals surface area contributed by atoms with Gasteiger partial charge in [-0.15, -0.1) is 0 Å². The Balaban J connectivity index is 1.67. The summed E-state index contributed by atoms with van der Waals surface area (Å²) in [5.41, 5.74) is 3.85. The maximum absolute atomic E-state index is 13.1. The molecule has 0 saturated carbocycles. The van der Waals surface area contributed by atoms with Gasteiger partial charge in [0.1, 0.15) is 17.5 Å². The van der Waals surface area contributed by atoms with Crippen LogP contribution in [-0.4, -0.2) is 44.8 Å². The lowest BCUT2D eigenvalue weighted by Crippen LogP contribution is -2.48. The molecular formula is C22H21N3O4. The third-order valence-electron chi connectivity index (χ3n) is 5.18. The zero-order chi connectivity index (χ0) is 20.5. The molecule has 1 amide bonds.